The Labute approximate surface area is 102 Å². The maximum atomic E-state index is 11.0. The Hall–Kier alpha value is -0.940. The molecule has 5 heteroatoms. The number of rotatable bonds is 3. The normalized spacial score (nSPS) is 21.2. The van der Waals surface area contributed by atoms with Crippen molar-refractivity contribution in [1.29, 1.82) is 0 Å². The van der Waals surface area contributed by atoms with Crippen molar-refractivity contribution in [2.24, 2.45) is 0 Å². The van der Waals surface area contributed by atoms with Crippen LogP contribution in [0.1, 0.15) is 18.5 Å². The van der Waals surface area contributed by atoms with Crippen LogP contribution in [0.4, 0.5) is 0 Å². The van der Waals surface area contributed by atoms with Crippen molar-refractivity contribution < 1.29 is 9.90 Å². The van der Waals surface area contributed by atoms with E-state index in [1.165, 1.54) is 0 Å². The minimum Gasteiger partial charge on any atom is -0.480 e. The summed E-state index contributed by atoms with van der Waals surface area (Å²) in [6, 6.07) is 3.50. The van der Waals surface area contributed by atoms with E-state index in [1.807, 2.05) is 17.0 Å². The number of hydrogen-bond acceptors (Lipinski definition) is 3. The largest absolute Gasteiger partial charge is 0.480 e. The van der Waals surface area contributed by atoms with Gasteiger partial charge in [0, 0.05) is 17.2 Å². The Morgan fingerprint density at radius 1 is 1.62 bits per heavy atom. The second kappa shape index (κ2) is 4.93. The van der Waals surface area contributed by atoms with Crippen LogP contribution < -0.4 is 0 Å². The number of pyridine rings is 1. The van der Waals surface area contributed by atoms with Crippen molar-refractivity contribution in [2.45, 2.75) is 25.4 Å². The topological polar surface area (TPSA) is 53.4 Å². The molecule has 1 atom stereocenters. The maximum absolute atomic E-state index is 11.0. The molecule has 1 unspecified atom stereocenters. The molecule has 0 spiro atoms. The van der Waals surface area contributed by atoms with Crippen LogP contribution in [0.15, 0.2) is 22.8 Å². The number of carboxylic acid groups (broad SMARTS) is 1. The zero-order valence-electron chi connectivity index (χ0n) is 8.77. The molecule has 4 nitrogen and oxygen atoms in total. The van der Waals surface area contributed by atoms with Crippen molar-refractivity contribution in [2.75, 3.05) is 6.54 Å². The van der Waals surface area contributed by atoms with Crippen LogP contribution in [0, 0.1) is 0 Å². The van der Waals surface area contributed by atoms with E-state index in [0.717, 1.165) is 29.6 Å². The van der Waals surface area contributed by atoms with Crippen LogP contribution in [0.3, 0.4) is 0 Å². The average Bonchev–Trinajstić information content (AvgIpc) is 2.69. The summed E-state index contributed by atoms with van der Waals surface area (Å²) in [4.78, 5) is 17.2. The van der Waals surface area contributed by atoms with Gasteiger partial charge in [0.25, 0.3) is 0 Å². The average molecular weight is 285 g/mol. The fourth-order valence-electron chi connectivity index (χ4n) is 2.00. The molecule has 1 aromatic rings. The van der Waals surface area contributed by atoms with Crippen molar-refractivity contribution in [3.63, 3.8) is 0 Å². The zero-order chi connectivity index (χ0) is 11.5. The Kier molecular flexibility index (Phi) is 3.56. The van der Waals surface area contributed by atoms with Gasteiger partial charge in [0.1, 0.15) is 6.04 Å². The van der Waals surface area contributed by atoms with Gasteiger partial charge in [0.15, 0.2) is 0 Å². The van der Waals surface area contributed by atoms with Crippen LogP contribution in [0.2, 0.25) is 0 Å². The Morgan fingerprint density at radius 3 is 3.06 bits per heavy atom. The lowest BCUT2D eigenvalue weighted by Crippen LogP contribution is -2.35. The Morgan fingerprint density at radius 2 is 2.44 bits per heavy atom. The van der Waals surface area contributed by atoms with Crippen molar-refractivity contribution in [1.82, 2.24) is 9.88 Å². The molecule has 1 aliphatic rings. The van der Waals surface area contributed by atoms with Gasteiger partial charge in [-0.05, 0) is 47.4 Å². The van der Waals surface area contributed by atoms with Crippen molar-refractivity contribution >= 4 is 21.9 Å². The summed E-state index contributed by atoms with van der Waals surface area (Å²) in [5, 5.41) is 9.04. The van der Waals surface area contributed by atoms with Gasteiger partial charge < -0.3 is 5.11 Å². The van der Waals surface area contributed by atoms with Crippen LogP contribution in [-0.2, 0) is 11.3 Å². The van der Waals surface area contributed by atoms with E-state index in [9.17, 15) is 4.79 Å². The lowest BCUT2D eigenvalue weighted by molar-refractivity contribution is -0.142. The lowest BCUT2D eigenvalue weighted by atomic mass is 10.2. The quantitative estimate of drug-likeness (QED) is 0.921. The van der Waals surface area contributed by atoms with Gasteiger partial charge in [-0.3, -0.25) is 14.7 Å². The first kappa shape index (κ1) is 11.5. The maximum Gasteiger partial charge on any atom is 0.320 e. The number of aliphatic carboxylic acids is 1. The molecular formula is C11H13BrN2O2. The third kappa shape index (κ3) is 2.59. The van der Waals surface area contributed by atoms with Crippen molar-refractivity contribution in [3.05, 3.63) is 28.5 Å². The fourth-order valence-corrected chi connectivity index (χ4v) is 2.24. The number of halogens is 1. The van der Waals surface area contributed by atoms with E-state index in [4.69, 9.17) is 5.11 Å². The number of aromatic nitrogens is 1. The first-order valence-corrected chi connectivity index (χ1v) is 6.03. The smallest absolute Gasteiger partial charge is 0.320 e. The summed E-state index contributed by atoms with van der Waals surface area (Å²) in [5.74, 6) is -0.727. The standard InChI is InChI=1S/C11H13BrN2O2/c12-8-3-4-9(13-6-8)7-14-5-1-2-10(14)11(15)16/h3-4,6,10H,1-2,5,7H2,(H,15,16). The number of likely N-dealkylation sites (tertiary alicyclic amines) is 1. The minimum atomic E-state index is -0.727. The predicted molar refractivity (Wildman–Crippen MR) is 63.0 cm³/mol. The lowest BCUT2D eigenvalue weighted by Gasteiger charge is -2.20. The molecule has 1 saturated heterocycles. The fraction of sp³-hybridized carbons (Fsp3) is 0.455. The molecule has 0 saturated carbocycles. The monoisotopic (exact) mass is 284 g/mol. The van der Waals surface area contributed by atoms with Crippen LogP contribution in [0.25, 0.3) is 0 Å². The molecule has 2 heterocycles. The van der Waals surface area contributed by atoms with Crippen LogP contribution in [-0.4, -0.2) is 33.5 Å². The number of carboxylic acids is 1. The van der Waals surface area contributed by atoms with Gasteiger partial charge in [-0.1, -0.05) is 0 Å². The molecule has 1 N–H and O–H groups in total. The minimum absolute atomic E-state index is 0.342. The molecule has 0 aliphatic carbocycles. The third-order valence-electron chi connectivity index (χ3n) is 2.80. The Bertz CT molecular complexity index is 380. The molecule has 16 heavy (non-hydrogen) atoms. The molecule has 1 fully saturated rings. The molecule has 1 aromatic heterocycles. The summed E-state index contributed by atoms with van der Waals surface area (Å²) < 4.78 is 0.937. The van der Waals surface area contributed by atoms with Gasteiger partial charge in [0.05, 0.1) is 5.69 Å². The predicted octanol–water partition coefficient (Wildman–Crippen LogP) is 1.89. The van der Waals surface area contributed by atoms with E-state index >= 15 is 0 Å². The molecule has 0 bridgehead atoms. The molecule has 2 rings (SSSR count). The molecule has 0 radical (unpaired) electrons. The molecular weight excluding hydrogens is 272 g/mol. The highest BCUT2D eigenvalue weighted by molar-refractivity contribution is 9.10. The first-order valence-electron chi connectivity index (χ1n) is 5.24. The van der Waals surface area contributed by atoms with Gasteiger partial charge in [-0.2, -0.15) is 0 Å². The highest BCUT2D eigenvalue weighted by Gasteiger charge is 2.30. The first-order chi connectivity index (χ1) is 7.66. The highest BCUT2D eigenvalue weighted by atomic mass is 79.9. The SMILES string of the molecule is O=C(O)C1CCCN1Cc1ccc(Br)cn1. The molecule has 0 amide bonds. The van der Waals surface area contributed by atoms with E-state index < -0.39 is 5.97 Å². The van der Waals surface area contributed by atoms with E-state index in [1.54, 1.807) is 6.20 Å². The van der Waals surface area contributed by atoms with Crippen LogP contribution in [0.5, 0.6) is 0 Å². The van der Waals surface area contributed by atoms with Gasteiger partial charge in [-0.15, -0.1) is 0 Å². The number of nitrogens with zero attached hydrogens (tertiary/aromatic N) is 2. The van der Waals surface area contributed by atoms with Gasteiger partial charge >= 0.3 is 5.97 Å². The highest BCUT2D eigenvalue weighted by Crippen LogP contribution is 2.20. The van der Waals surface area contributed by atoms with Gasteiger partial charge in [-0.25, -0.2) is 0 Å². The molecule has 1 aliphatic heterocycles. The van der Waals surface area contributed by atoms with Gasteiger partial charge in [0.2, 0.25) is 0 Å². The summed E-state index contributed by atoms with van der Waals surface area (Å²) in [6.45, 7) is 1.46. The van der Waals surface area contributed by atoms with E-state index in [-0.39, 0.29) is 6.04 Å². The zero-order valence-corrected chi connectivity index (χ0v) is 10.4. The number of hydrogen-bond donors (Lipinski definition) is 1. The summed E-state index contributed by atoms with van der Waals surface area (Å²) in [7, 11) is 0. The third-order valence-corrected chi connectivity index (χ3v) is 3.27. The van der Waals surface area contributed by atoms with Crippen LogP contribution >= 0.6 is 15.9 Å². The summed E-state index contributed by atoms with van der Waals surface area (Å²) in [6.07, 6.45) is 3.43. The van der Waals surface area contributed by atoms with E-state index in [0.29, 0.717) is 6.54 Å². The molecule has 86 valence electrons. The molecule has 0 aromatic carbocycles. The second-order valence-electron chi connectivity index (χ2n) is 3.93. The van der Waals surface area contributed by atoms with Crippen molar-refractivity contribution in [3.8, 4) is 0 Å². The summed E-state index contributed by atoms with van der Waals surface area (Å²) >= 11 is 3.32. The number of carbonyl (C=O) groups is 1. The summed E-state index contributed by atoms with van der Waals surface area (Å²) in [5.41, 5.74) is 0.913. The van der Waals surface area contributed by atoms with E-state index in [2.05, 4.69) is 20.9 Å². The second-order valence-corrected chi connectivity index (χ2v) is 4.85. The Balaban J connectivity index is 2.03.